The van der Waals surface area contributed by atoms with Crippen LogP contribution in [0.4, 0.5) is 0 Å². The molecule has 0 aromatic heterocycles. The van der Waals surface area contributed by atoms with Crippen molar-refractivity contribution in [2.24, 2.45) is 5.92 Å². The van der Waals surface area contributed by atoms with Crippen molar-refractivity contribution in [1.29, 1.82) is 0 Å². The fourth-order valence-corrected chi connectivity index (χ4v) is 2.38. The molecule has 4 heteroatoms. The van der Waals surface area contributed by atoms with Gasteiger partial charge in [-0.1, -0.05) is 13.8 Å². The summed E-state index contributed by atoms with van der Waals surface area (Å²) in [7, 11) is 1.70. The monoisotopic (exact) mass is 227 g/mol. The van der Waals surface area contributed by atoms with Crippen LogP contribution in [0.2, 0.25) is 0 Å². The van der Waals surface area contributed by atoms with Crippen molar-refractivity contribution in [2.45, 2.75) is 32.7 Å². The molecule has 1 saturated heterocycles. The van der Waals surface area contributed by atoms with Gasteiger partial charge in [-0.25, -0.2) is 0 Å². The molecule has 0 aromatic rings. The summed E-state index contributed by atoms with van der Waals surface area (Å²) in [5, 5.41) is 6.13. The minimum absolute atomic E-state index is 0.117. The summed E-state index contributed by atoms with van der Waals surface area (Å²) in [4.78, 5) is 13.8. The number of piperidine rings is 1. The maximum Gasteiger partial charge on any atom is 0.233 e. The average Bonchev–Trinajstić information content (AvgIpc) is 2.29. The normalized spacial score (nSPS) is 25.8. The molecule has 16 heavy (non-hydrogen) atoms. The minimum atomic E-state index is 0.117. The van der Waals surface area contributed by atoms with E-state index >= 15 is 0 Å². The molecule has 94 valence electrons. The van der Waals surface area contributed by atoms with Crippen LogP contribution in [0.3, 0.4) is 0 Å². The zero-order valence-corrected chi connectivity index (χ0v) is 10.8. The second-order valence-electron chi connectivity index (χ2n) is 4.68. The molecule has 1 fully saturated rings. The van der Waals surface area contributed by atoms with Crippen molar-refractivity contribution in [3.05, 3.63) is 0 Å². The fraction of sp³-hybridized carbons (Fsp3) is 0.917. The number of hydrogen-bond donors (Lipinski definition) is 2. The van der Waals surface area contributed by atoms with Crippen LogP contribution < -0.4 is 10.6 Å². The van der Waals surface area contributed by atoms with Gasteiger partial charge < -0.3 is 10.6 Å². The molecule has 2 unspecified atom stereocenters. The van der Waals surface area contributed by atoms with Crippen LogP contribution in [0, 0.1) is 5.92 Å². The predicted octanol–water partition coefficient (Wildman–Crippen LogP) is 0.442. The van der Waals surface area contributed by atoms with Gasteiger partial charge in [-0.05, 0) is 31.8 Å². The highest BCUT2D eigenvalue weighted by Crippen LogP contribution is 2.17. The summed E-state index contributed by atoms with van der Waals surface area (Å²) in [6.07, 6.45) is 2.30. The van der Waals surface area contributed by atoms with E-state index in [1.807, 2.05) is 0 Å². The smallest absolute Gasteiger partial charge is 0.233 e. The minimum Gasteiger partial charge on any atom is -0.358 e. The molecule has 0 spiro atoms. The number of likely N-dealkylation sites (N-methyl/N-ethyl adjacent to an activating group) is 1. The van der Waals surface area contributed by atoms with E-state index in [1.165, 1.54) is 6.42 Å². The van der Waals surface area contributed by atoms with Crippen LogP contribution in [0.1, 0.15) is 26.7 Å². The van der Waals surface area contributed by atoms with E-state index in [1.54, 1.807) is 7.05 Å². The number of rotatable bonds is 5. The number of hydrogen-bond acceptors (Lipinski definition) is 3. The van der Waals surface area contributed by atoms with Crippen molar-refractivity contribution in [3.8, 4) is 0 Å². The van der Waals surface area contributed by atoms with Crippen molar-refractivity contribution in [2.75, 3.05) is 33.2 Å². The predicted molar refractivity (Wildman–Crippen MR) is 66.4 cm³/mol. The van der Waals surface area contributed by atoms with E-state index in [-0.39, 0.29) is 5.91 Å². The van der Waals surface area contributed by atoms with Crippen LogP contribution >= 0.6 is 0 Å². The highest BCUT2D eigenvalue weighted by molar-refractivity contribution is 5.77. The molecule has 2 N–H and O–H groups in total. The van der Waals surface area contributed by atoms with Gasteiger partial charge in [0.15, 0.2) is 0 Å². The zero-order chi connectivity index (χ0) is 12.0. The molecule has 1 heterocycles. The van der Waals surface area contributed by atoms with E-state index < -0.39 is 0 Å². The van der Waals surface area contributed by atoms with Crippen LogP contribution in [0.15, 0.2) is 0 Å². The summed E-state index contributed by atoms with van der Waals surface area (Å²) in [5.41, 5.74) is 0. The Balaban J connectivity index is 2.56. The van der Waals surface area contributed by atoms with Gasteiger partial charge in [0, 0.05) is 19.6 Å². The van der Waals surface area contributed by atoms with Crippen LogP contribution in [0.5, 0.6) is 0 Å². The van der Waals surface area contributed by atoms with Crippen molar-refractivity contribution >= 4 is 5.91 Å². The van der Waals surface area contributed by atoms with Gasteiger partial charge in [0.05, 0.1) is 6.54 Å². The Kier molecular flexibility index (Phi) is 5.77. The molecule has 1 aliphatic rings. The van der Waals surface area contributed by atoms with E-state index in [4.69, 9.17) is 0 Å². The topological polar surface area (TPSA) is 44.4 Å². The summed E-state index contributed by atoms with van der Waals surface area (Å²) >= 11 is 0. The Bertz CT molecular complexity index is 220. The summed E-state index contributed by atoms with van der Waals surface area (Å²) in [6, 6.07) is 0.506. The second-order valence-corrected chi connectivity index (χ2v) is 4.68. The maximum absolute atomic E-state index is 11.5. The average molecular weight is 227 g/mol. The molecule has 0 bridgehead atoms. The third-order valence-corrected chi connectivity index (χ3v) is 3.39. The summed E-state index contributed by atoms with van der Waals surface area (Å²) in [5.74, 6) is 0.795. The Labute approximate surface area is 98.8 Å². The summed E-state index contributed by atoms with van der Waals surface area (Å²) < 4.78 is 0. The Morgan fingerprint density at radius 3 is 2.88 bits per heavy atom. The van der Waals surface area contributed by atoms with Crippen LogP contribution in [0.25, 0.3) is 0 Å². The first-order valence-electron chi connectivity index (χ1n) is 6.34. The maximum atomic E-state index is 11.5. The molecule has 0 saturated carbocycles. The van der Waals surface area contributed by atoms with E-state index in [0.717, 1.165) is 26.1 Å². The number of carbonyl (C=O) groups excluding carboxylic acids is 1. The molecule has 1 rings (SSSR count). The third kappa shape index (κ3) is 3.76. The first-order valence-corrected chi connectivity index (χ1v) is 6.34. The van der Waals surface area contributed by atoms with Gasteiger partial charge in [0.1, 0.15) is 0 Å². The number of nitrogens with one attached hydrogen (secondary N) is 2. The highest BCUT2D eigenvalue weighted by atomic mass is 16.1. The quantitative estimate of drug-likeness (QED) is 0.716. The first kappa shape index (κ1) is 13.5. The van der Waals surface area contributed by atoms with E-state index in [9.17, 15) is 4.79 Å². The largest absolute Gasteiger partial charge is 0.358 e. The van der Waals surface area contributed by atoms with Crippen molar-refractivity contribution in [3.63, 3.8) is 0 Å². The number of nitrogens with zero attached hydrogens (tertiary/aromatic N) is 1. The van der Waals surface area contributed by atoms with Crippen LogP contribution in [-0.4, -0.2) is 50.1 Å². The Morgan fingerprint density at radius 2 is 2.31 bits per heavy atom. The molecule has 4 nitrogen and oxygen atoms in total. The lowest BCUT2D eigenvalue weighted by Gasteiger charge is -2.38. The molecule has 1 aliphatic heterocycles. The fourth-order valence-electron chi connectivity index (χ4n) is 2.38. The number of carbonyl (C=O) groups is 1. The molecular weight excluding hydrogens is 202 g/mol. The lowest BCUT2D eigenvalue weighted by Crippen LogP contribution is -2.53. The van der Waals surface area contributed by atoms with Gasteiger partial charge in [0.25, 0.3) is 0 Å². The van der Waals surface area contributed by atoms with Crippen molar-refractivity contribution in [1.82, 2.24) is 15.5 Å². The van der Waals surface area contributed by atoms with Crippen molar-refractivity contribution < 1.29 is 4.79 Å². The molecule has 0 aliphatic carbocycles. The molecule has 0 aromatic carbocycles. The number of amides is 1. The van der Waals surface area contributed by atoms with E-state index in [2.05, 4.69) is 29.4 Å². The van der Waals surface area contributed by atoms with Gasteiger partial charge >= 0.3 is 0 Å². The third-order valence-electron chi connectivity index (χ3n) is 3.39. The molecular formula is C12H25N3O. The Morgan fingerprint density at radius 1 is 1.56 bits per heavy atom. The molecule has 1 amide bonds. The Hall–Kier alpha value is -0.610. The second kappa shape index (κ2) is 6.86. The summed E-state index contributed by atoms with van der Waals surface area (Å²) in [6.45, 7) is 8.11. The van der Waals surface area contributed by atoms with Gasteiger partial charge in [-0.2, -0.15) is 0 Å². The molecule has 0 radical (unpaired) electrons. The van der Waals surface area contributed by atoms with E-state index in [0.29, 0.717) is 18.5 Å². The zero-order valence-electron chi connectivity index (χ0n) is 10.8. The highest BCUT2D eigenvalue weighted by Gasteiger charge is 2.27. The lowest BCUT2D eigenvalue weighted by atomic mass is 9.93. The van der Waals surface area contributed by atoms with Gasteiger partial charge in [0.2, 0.25) is 5.91 Å². The van der Waals surface area contributed by atoms with Crippen LogP contribution in [-0.2, 0) is 4.79 Å². The first-order chi connectivity index (χ1) is 7.69. The van der Waals surface area contributed by atoms with Gasteiger partial charge in [-0.15, -0.1) is 0 Å². The standard InChI is InChI=1S/C12H25N3O/c1-4-7-15(9-12(16)13-3)11-8-14-6-5-10(11)2/h10-11,14H,4-9H2,1-3H3,(H,13,16). The van der Waals surface area contributed by atoms with Gasteiger partial charge in [-0.3, -0.25) is 9.69 Å². The lowest BCUT2D eigenvalue weighted by molar-refractivity contribution is -0.122. The molecule has 2 atom stereocenters. The SMILES string of the molecule is CCCN(CC(=O)NC)C1CNCCC1C.